The van der Waals surface area contributed by atoms with Gasteiger partial charge in [0, 0.05) is 25.7 Å². The van der Waals surface area contributed by atoms with Crippen LogP contribution >= 0.6 is 24.0 Å². The van der Waals surface area contributed by atoms with Gasteiger partial charge in [-0.05, 0) is 57.8 Å². The molecule has 7 heteroatoms. The number of nitrogens with zero attached hydrogens (tertiary/aromatic N) is 2. The molecule has 0 amide bonds. The minimum Gasteiger partial charge on any atom is -0.467 e. The lowest BCUT2D eigenvalue weighted by atomic mass is 10.2. The van der Waals surface area contributed by atoms with Crippen LogP contribution in [0, 0.1) is 0 Å². The highest BCUT2D eigenvalue weighted by molar-refractivity contribution is 14.0. The van der Waals surface area contributed by atoms with Gasteiger partial charge in [-0.1, -0.05) is 6.92 Å². The Kier molecular flexibility index (Phi) is 12.8. The molecular formula is C19H35IN4O2. The molecule has 2 heterocycles. The molecule has 2 N–H and O–H groups in total. The number of hydrogen-bond acceptors (Lipinski definition) is 4. The number of furan rings is 1. The predicted octanol–water partition coefficient (Wildman–Crippen LogP) is 3.23. The zero-order chi connectivity index (χ0) is 17.7. The predicted molar refractivity (Wildman–Crippen MR) is 117 cm³/mol. The molecule has 0 bridgehead atoms. The van der Waals surface area contributed by atoms with Gasteiger partial charge in [-0.15, -0.1) is 24.0 Å². The van der Waals surface area contributed by atoms with Gasteiger partial charge in [0.1, 0.15) is 12.4 Å². The van der Waals surface area contributed by atoms with Gasteiger partial charge in [-0.25, -0.2) is 0 Å². The van der Waals surface area contributed by atoms with E-state index >= 15 is 0 Å². The van der Waals surface area contributed by atoms with Gasteiger partial charge in [0.25, 0.3) is 0 Å². The summed E-state index contributed by atoms with van der Waals surface area (Å²) in [4.78, 5) is 7.36. The molecule has 1 atom stereocenters. The Morgan fingerprint density at radius 3 is 2.77 bits per heavy atom. The van der Waals surface area contributed by atoms with Crippen LogP contribution in [0.15, 0.2) is 27.8 Å². The molecule has 1 aliphatic heterocycles. The average Bonchev–Trinajstić information content (AvgIpc) is 3.32. The second-order valence-electron chi connectivity index (χ2n) is 6.44. The molecule has 6 nitrogen and oxygen atoms in total. The van der Waals surface area contributed by atoms with E-state index < -0.39 is 0 Å². The fraction of sp³-hybridized carbons (Fsp3) is 0.737. The zero-order valence-corrected chi connectivity index (χ0v) is 18.5. The Balaban J connectivity index is 0.00000338. The number of halogens is 1. The number of rotatable bonds is 11. The van der Waals surface area contributed by atoms with Crippen LogP contribution in [0.3, 0.4) is 0 Å². The molecule has 1 fully saturated rings. The van der Waals surface area contributed by atoms with E-state index in [0.29, 0.717) is 19.3 Å². The first-order chi connectivity index (χ1) is 12.3. The molecule has 1 aliphatic rings. The smallest absolute Gasteiger partial charge is 0.191 e. The Labute approximate surface area is 175 Å². The number of nitrogens with one attached hydrogen (secondary N) is 2. The maximum Gasteiger partial charge on any atom is 0.191 e. The molecule has 1 saturated heterocycles. The number of ether oxygens (including phenoxy) is 1. The van der Waals surface area contributed by atoms with Crippen molar-refractivity contribution in [1.82, 2.24) is 15.5 Å². The highest BCUT2D eigenvalue weighted by atomic mass is 127. The summed E-state index contributed by atoms with van der Waals surface area (Å²) in [6.07, 6.45) is 6.43. The number of likely N-dealkylation sites (tertiary alicyclic amines) is 1. The first-order valence-electron chi connectivity index (χ1n) is 9.69. The summed E-state index contributed by atoms with van der Waals surface area (Å²) in [5.41, 5.74) is 0. The van der Waals surface area contributed by atoms with Crippen LogP contribution < -0.4 is 10.6 Å². The first kappa shape index (κ1) is 23.2. The highest BCUT2D eigenvalue weighted by Crippen LogP contribution is 2.14. The lowest BCUT2D eigenvalue weighted by Gasteiger charge is -2.25. The summed E-state index contributed by atoms with van der Waals surface area (Å²) in [6.45, 7) is 10.6. The van der Waals surface area contributed by atoms with Crippen LogP contribution in [0.1, 0.15) is 45.3 Å². The molecule has 0 radical (unpaired) electrons. The average molecular weight is 478 g/mol. The summed E-state index contributed by atoms with van der Waals surface area (Å²) in [5.74, 6) is 1.78. The van der Waals surface area contributed by atoms with Crippen LogP contribution in [-0.2, 0) is 11.3 Å². The van der Waals surface area contributed by atoms with Crippen molar-refractivity contribution in [2.75, 3.05) is 39.3 Å². The van der Waals surface area contributed by atoms with E-state index in [-0.39, 0.29) is 24.0 Å². The van der Waals surface area contributed by atoms with E-state index in [1.165, 1.54) is 25.9 Å². The summed E-state index contributed by atoms with van der Waals surface area (Å²) in [5, 5.41) is 6.73. The SMILES string of the molecule is CCNC(=NCC(CC)N1CCCC1)NCCCOCc1ccco1.I. The third-order valence-electron chi connectivity index (χ3n) is 4.51. The molecule has 150 valence electrons. The number of aliphatic imine (C=N–C) groups is 1. The summed E-state index contributed by atoms with van der Waals surface area (Å²) < 4.78 is 10.8. The van der Waals surface area contributed by atoms with Gasteiger partial charge in [0.05, 0.1) is 12.8 Å². The van der Waals surface area contributed by atoms with Crippen LogP contribution in [0.4, 0.5) is 0 Å². The first-order valence-corrected chi connectivity index (χ1v) is 9.69. The molecule has 0 aromatic carbocycles. The number of guanidine groups is 1. The van der Waals surface area contributed by atoms with Gasteiger partial charge >= 0.3 is 0 Å². The fourth-order valence-corrected chi connectivity index (χ4v) is 3.10. The topological polar surface area (TPSA) is 62.0 Å². The molecule has 2 rings (SSSR count). The zero-order valence-electron chi connectivity index (χ0n) is 16.2. The van der Waals surface area contributed by atoms with Gasteiger partial charge < -0.3 is 19.8 Å². The standard InChI is InChI=1S/C19H34N4O2.HI/c1-3-17(23-11-5-6-12-23)15-22-19(20-4-2)21-10-8-13-24-16-18-9-7-14-25-18;/h7,9,14,17H,3-6,8,10-13,15-16H2,1-2H3,(H2,20,21,22);1H. The van der Waals surface area contributed by atoms with Crippen molar-refractivity contribution in [3.63, 3.8) is 0 Å². The van der Waals surface area contributed by atoms with Crippen molar-refractivity contribution in [3.8, 4) is 0 Å². The van der Waals surface area contributed by atoms with Crippen molar-refractivity contribution in [1.29, 1.82) is 0 Å². The van der Waals surface area contributed by atoms with E-state index in [0.717, 1.165) is 44.2 Å². The third kappa shape index (κ3) is 8.73. The minimum atomic E-state index is 0. The van der Waals surface area contributed by atoms with E-state index in [9.17, 15) is 0 Å². The Morgan fingerprint density at radius 1 is 1.31 bits per heavy atom. The van der Waals surface area contributed by atoms with Crippen molar-refractivity contribution in [2.45, 2.75) is 52.2 Å². The summed E-state index contributed by atoms with van der Waals surface area (Å²) in [7, 11) is 0. The normalized spacial score (nSPS) is 16.3. The molecular weight excluding hydrogens is 443 g/mol. The lowest BCUT2D eigenvalue weighted by Crippen LogP contribution is -2.40. The van der Waals surface area contributed by atoms with Crippen LogP contribution in [0.2, 0.25) is 0 Å². The molecule has 1 aromatic rings. The van der Waals surface area contributed by atoms with Gasteiger partial charge in [-0.2, -0.15) is 0 Å². The maximum absolute atomic E-state index is 5.60. The van der Waals surface area contributed by atoms with E-state index in [1.54, 1.807) is 6.26 Å². The van der Waals surface area contributed by atoms with Gasteiger partial charge in [0.2, 0.25) is 0 Å². The van der Waals surface area contributed by atoms with Crippen LogP contribution in [-0.4, -0.2) is 56.2 Å². The fourth-order valence-electron chi connectivity index (χ4n) is 3.10. The van der Waals surface area contributed by atoms with Crippen LogP contribution in [0.25, 0.3) is 0 Å². The Bertz CT molecular complexity index is 476. The van der Waals surface area contributed by atoms with E-state index in [1.807, 2.05) is 12.1 Å². The molecule has 0 spiro atoms. The van der Waals surface area contributed by atoms with Crippen molar-refractivity contribution in [3.05, 3.63) is 24.2 Å². The molecule has 0 saturated carbocycles. The Hall–Kier alpha value is -0.800. The van der Waals surface area contributed by atoms with Crippen molar-refractivity contribution >= 4 is 29.9 Å². The summed E-state index contributed by atoms with van der Waals surface area (Å²) in [6, 6.07) is 4.37. The molecule has 26 heavy (non-hydrogen) atoms. The van der Waals surface area contributed by atoms with Gasteiger partial charge in [-0.3, -0.25) is 9.89 Å². The Morgan fingerprint density at radius 2 is 2.12 bits per heavy atom. The quantitative estimate of drug-likeness (QED) is 0.221. The highest BCUT2D eigenvalue weighted by Gasteiger charge is 2.19. The summed E-state index contributed by atoms with van der Waals surface area (Å²) >= 11 is 0. The second-order valence-corrected chi connectivity index (χ2v) is 6.44. The number of hydrogen-bond donors (Lipinski definition) is 2. The lowest BCUT2D eigenvalue weighted by molar-refractivity contribution is 0.105. The monoisotopic (exact) mass is 478 g/mol. The van der Waals surface area contributed by atoms with Crippen LogP contribution in [0.5, 0.6) is 0 Å². The largest absolute Gasteiger partial charge is 0.467 e. The van der Waals surface area contributed by atoms with E-state index in [2.05, 4.69) is 29.4 Å². The van der Waals surface area contributed by atoms with Gasteiger partial charge in [0.15, 0.2) is 5.96 Å². The maximum atomic E-state index is 5.60. The second kappa shape index (κ2) is 14.3. The molecule has 1 unspecified atom stereocenters. The third-order valence-corrected chi connectivity index (χ3v) is 4.51. The van der Waals surface area contributed by atoms with E-state index in [4.69, 9.17) is 14.1 Å². The molecule has 1 aromatic heterocycles. The minimum absolute atomic E-state index is 0. The van der Waals surface area contributed by atoms with Crippen molar-refractivity contribution in [2.24, 2.45) is 4.99 Å². The van der Waals surface area contributed by atoms with Crippen molar-refractivity contribution < 1.29 is 9.15 Å². The molecule has 0 aliphatic carbocycles.